The van der Waals surface area contributed by atoms with Gasteiger partial charge in [0.05, 0.1) is 0 Å². The number of hydrogen-bond donors (Lipinski definition) is 1. The lowest BCUT2D eigenvalue weighted by atomic mass is 9.89. The van der Waals surface area contributed by atoms with Gasteiger partial charge in [0.1, 0.15) is 0 Å². The van der Waals surface area contributed by atoms with Crippen molar-refractivity contribution in [3.05, 3.63) is 34.9 Å². The van der Waals surface area contributed by atoms with Crippen molar-refractivity contribution in [1.29, 1.82) is 0 Å². The predicted octanol–water partition coefficient (Wildman–Crippen LogP) is 3.98. The van der Waals surface area contributed by atoms with Crippen LogP contribution in [-0.4, -0.2) is 12.6 Å². The zero-order valence-electron chi connectivity index (χ0n) is 10.2. The van der Waals surface area contributed by atoms with Gasteiger partial charge < -0.3 is 5.32 Å². The summed E-state index contributed by atoms with van der Waals surface area (Å²) in [6, 6.07) is 9.20. The fourth-order valence-corrected chi connectivity index (χ4v) is 3.35. The Balaban J connectivity index is 1.69. The van der Waals surface area contributed by atoms with E-state index < -0.39 is 0 Å². The van der Waals surface area contributed by atoms with Gasteiger partial charge in [-0.1, -0.05) is 36.2 Å². The van der Waals surface area contributed by atoms with E-state index in [0.29, 0.717) is 5.92 Å². The molecule has 2 aliphatic carbocycles. The third-order valence-corrected chi connectivity index (χ3v) is 4.55. The summed E-state index contributed by atoms with van der Waals surface area (Å²) in [6.45, 7) is 1.18. The quantitative estimate of drug-likeness (QED) is 0.851. The number of halogens is 1. The van der Waals surface area contributed by atoms with Gasteiger partial charge in [-0.05, 0) is 55.7 Å². The molecule has 1 nitrogen and oxygen atoms in total. The first-order valence-corrected chi connectivity index (χ1v) is 7.20. The number of hydrogen-bond acceptors (Lipinski definition) is 1. The fourth-order valence-electron chi connectivity index (χ4n) is 3.07. The van der Waals surface area contributed by atoms with Crippen molar-refractivity contribution in [3.63, 3.8) is 0 Å². The van der Waals surface area contributed by atoms with Crippen molar-refractivity contribution in [1.82, 2.24) is 5.32 Å². The minimum atomic E-state index is 0.676. The molecule has 0 radical (unpaired) electrons. The topological polar surface area (TPSA) is 12.0 Å². The van der Waals surface area contributed by atoms with Crippen molar-refractivity contribution in [3.8, 4) is 0 Å². The molecule has 0 amide bonds. The second-order valence-electron chi connectivity index (χ2n) is 5.50. The lowest BCUT2D eigenvalue weighted by Gasteiger charge is -2.21. The molecule has 2 aliphatic rings. The maximum Gasteiger partial charge on any atom is 0.0440 e. The molecule has 0 saturated heterocycles. The monoisotopic (exact) mass is 249 g/mol. The maximum absolute atomic E-state index is 6.32. The summed E-state index contributed by atoms with van der Waals surface area (Å²) in [6.07, 6.45) is 6.77. The molecule has 2 saturated carbocycles. The van der Waals surface area contributed by atoms with E-state index in [-0.39, 0.29) is 0 Å². The van der Waals surface area contributed by atoms with Crippen LogP contribution in [0.4, 0.5) is 0 Å². The Kier molecular flexibility index (Phi) is 3.39. The van der Waals surface area contributed by atoms with Crippen molar-refractivity contribution in [2.24, 2.45) is 5.92 Å². The molecule has 0 bridgehead atoms. The average Bonchev–Trinajstić information content (AvgIpc) is 3.06. The van der Waals surface area contributed by atoms with E-state index in [9.17, 15) is 0 Å². The highest BCUT2D eigenvalue weighted by atomic mass is 35.5. The molecule has 3 rings (SSSR count). The van der Waals surface area contributed by atoms with Crippen molar-refractivity contribution in [2.45, 2.75) is 44.1 Å². The lowest BCUT2D eigenvalue weighted by molar-refractivity contribution is 0.443. The first-order chi connectivity index (χ1) is 8.34. The minimum absolute atomic E-state index is 0.676. The summed E-state index contributed by atoms with van der Waals surface area (Å²) in [7, 11) is 0. The Hall–Kier alpha value is -0.530. The molecular weight excluding hydrogens is 230 g/mol. The van der Waals surface area contributed by atoms with Crippen LogP contribution in [0.25, 0.3) is 0 Å². The Morgan fingerprint density at radius 3 is 2.71 bits per heavy atom. The summed E-state index contributed by atoms with van der Waals surface area (Å²) in [4.78, 5) is 0. The van der Waals surface area contributed by atoms with Gasteiger partial charge in [-0.25, -0.2) is 0 Å². The Morgan fingerprint density at radius 1 is 1.12 bits per heavy atom. The zero-order chi connectivity index (χ0) is 11.7. The summed E-state index contributed by atoms with van der Waals surface area (Å²) in [5.41, 5.74) is 1.37. The molecular formula is C15H20ClN. The van der Waals surface area contributed by atoms with Gasteiger partial charge in [0, 0.05) is 11.1 Å². The van der Waals surface area contributed by atoms with Gasteiger partial charge in [-0.15, -0.1) is 0 Å². The SMILES string of the molecule is Clc1ccccc1C1CCCC1CNC1CC1. The Morgan fingerprint density at radius 2 is 1.94 bits per heavy atom. The van der Waals surface area contributed by atoms with Crippen LogP contribution >= 0.6 is 11.6 Å². The first kappa shape index (κ1) is 11.6. The van der Waals surface area contributed by atoms with Gasteiger partial charge in [0.15, 0.2) is 0 Å². The first-order valence-electron chi connectivity index (χ1n) is 6.82. The smallest absolute Gasteiger partial charge is 0.0440 e. The molecule has 2 heteroatoms. The molecule has 1 N–H and O–H groups in total. The number of nitrogens with one attached hydrogen (secondary N) is 1. The van der Waals surface area contributed by atoms with Crippen LogP contribution in [-0.2, 0) is 0 Å². The zero-order valence-corrected chi connectivity index (χ0v) is 10.9. The van der Waals surface area contributed by atoms with Crippen LogP contribution in [0.15, 0.2) is 24.3 Å². The number of rotatable bonds is 4. The highest BCUT2D eigenvalue weighted by molar-refractivity contribution is 6.31. The maximum atomic E-state index is 6.32. The molecule has 1 aromatic rings. The van der Waals surface area contributed by atoms with Crippen molar-refractivity contribution in [2.75, 3.05) is 6.54 Å². The standard InChI is InChI=1S/C15H20ClN/c16-15-7-2-1-5-14(15)13-6-3-4-11(13)10-17-12-8-9-12/h1-2,5,7,11-13,17H,3-4,6,8-10H2. The van der Waals surface area contributed by atoms with Crippen molar-refractivity contribution >= 4 is 11.6 Å². The number of benzene rings is 1. The van der Waals surface area contributed by atoms with Crippen LogP contribution in [0, 0.1) is 5.92 Å². The largest absolute Gasteiger partial charge is 0.314 e. The molecule has 0 heterocycles. The molecule has 17 heavy (non-hydrogen) atoms. The molecule has 0 aromatic heterocycles. The van der Waals surface area contributed by atoms with Crippen molar-refractivity contribution < 1.29 is 0 Å². The summed E-state index contributed by atoms with van der Waals surface area (Å²) in [5.74, 6) is 1.46. The van der Waals surface area contributed by atoms with E-state index in [0.717, 1.165) is 17.0 Å². The average molecular weight is 250 g/mol. The van der Waals surface area contributed by atoms with E-state index in [2.05, 4.69) is 17.4 Å². The lowest BCUT2D eigenvalue weighted by Crippen LogP contribution is -2.26. The van der Waals surface area contributed by atoms with Gasteiger partial charge >= 0.3 is 0 Å². The van der Waals surface area contributed by atoms with Gasteiger partial charge in [-0.2, -0.15) is 0 Å². The van der Waals surface area contributed by atoms with Gasteiger partial charge in [-0.3, -0.25) is 0 Å². The molecule has 2 unspecified atom stereocenters. The van der Waals surface area contributed by atoms with Gasteiger partial charge in [0.25, 0.3) is 0 Å². The summed E-state index contributed by atoms with van der Waals surface area (Å²) < 4.78 is 0. The van der Waals surface area contributed by atoms with Crippen LogP contribution in [0.1, 0.15) is 43.6 Å². The van der Waals surface area contributed by atoms with E-state index in [4.69, 9.17) is 11.6 Å². The van der Waals surface area contributed by atoms with E-state index in [1.807, 2.05) is 12.1 Å². The minimum Gasteiger partial charge on any atom is -0.314 e. The second-order valence-corrected chi connectivity index (χ2v) is 5.91. The molecule has 1 aromatic carbocycles. The molecule has 2 fully saturated rings. The predicted molar refractivity (Wildman–Crippen MR) is 72.6 cm³/mol. The van der Waals surface area contributed by atoms with E-state index in [1.165, 1.54) is 44.2 Å². The Bertz CT molecular complexity index is 386. The van der Waals surface area contributed by atoms with Gasteiger partial charge in [0.2, 0.25) is 0 Å². The van der Waals surface area contributed by atoms with Crippen LogP contribution in [0.2, 0.25) is 5.02 Å². The third-order valence-electron chi connectivity index (χ3n) is 4.21. The van der Waals surface area contributed by atoms with Crippen LogP contribution in [0.5, 0.6) is 0 Å². The normalized spacial score (nSPS) is 28.5. The Labute approximate surface area is 109 Å². The molecule has 0 spiro atoms. The summed E-state index contributed by atoms with van der Waals surface area (Å²) >= 11 is 6.32. The van der Waals surface area contributed by atoms with Crippen LogP contribution in [0.3, 0.4) is 0 Å². The molecule has 0 aliphatic heterocycles. The highest BCUT2D eigenvalue weighted by Crippen LogP contribution is 2.42. The highest BCUT2D eigenvalue weighted by Gasteiger charge is 2.31. The van der Waals surface area contributed by atoms with E-state index in [1.54, 1.807) is 0 Å². The fraction of sp³-hybridized carbons (Fsp3) is 0.600. The molecule has 92 valence electrons. The van der Waals surface area contributed by atoms with E-state index >= 15 is 0 Å². The van der Waals surface area contributed by atoms with Crippen LogP contribution < -0.4 is 5.32 Å². The third kappa shape index (κ3) is 2.66. The molecule has 2 atom stereocenters. The summed E-state index contributed by atoms with van der Waals surface area (Å²) in [5, 5.41) is 4.63. The second kappa shape index (κ2) is 4.99.